The van der Waals surface area contributed by atoms with Gasteiger partial charge < -0.3 is 14.4 Å². The second kappa shape index (κ2) is 12.8. The lowest BCUT2D eigenvalue weighted by atomic mass is 9.78. The van der Waals surface area contributed by atoms with Gasteiger partial charge in [0.15, 0.2) is 5.71 Å². The lowest BCUT2D eigenvalue weighted by Crippen LogP contribution is -2.27. The molecule has 1 aliphatic carbocycles. The molecule has 256 valence electrons. The maximum atomic E-state index is 13.2. The summed E-state index contributed by atoms with van der Waals surface area (Å²) in [5, 5.41) is 5.07. The number of likely N-dealkylation sites (N-methyl/N-ethyl adjacent to an activating group) is 1. The summed E-state index contributed by atoms with van der Waals surface area (Å²) >= 11 is 0. The topological polar surface area (TPSA) is 41.8 Å². The molecule has 0 radical (unpaired) electrons. The Balaban J connectivity index is 1.29. The first-order chi connectivity index (χ1) is 23.9. The molecule has 3 aliphatic rings. The third kappa shape index (κ3) is 5.57. The first-order valence-electron chi connectivity index (χ1n) is 18.0. The van der Waals surface area contributed by atoms with Crippen LogP contribution in [0.2, 0.25) is 0 Å². The monoisotopic (exact) mass is 665 g/mol. The van der Waals surface area contributed by atoms with Gasteiger partial charge >= 0.3 is 6.16 Å². The Morgan fingerprint density at radius 1 is 0.860 bits per heavy atom. The van der Waals surface area contributed by atoms with Crippen LogP contribution in [0.3, 0.4) is 0 Å². The van der Waals surface area contributed by atoms with Crippen LogP contribution in [0.5, 0.6) is 0 Å². The summed E-state index contributed by atoms with van der Waals surface area (Å²) in [6.45, 7) is 13.1. The van der Waals surface area contributed by atoms with Crippen molar-refractivity contribution in [2.24, 2.45) is 0 Å². The van der Waals surface area contributed by atoms with Gasteiger partial charge in [-0.15, -0.1) is 0 Å². The maximum Gasteiger partial charge on any atom is 0.514 e. The lowest BCUT2D eigenvalue weighted by molar-refractivity contribution is -0.401. The van der Waals surface area contributed by atoms with Crippen LogP contribution >= 0.6 is 0 Å². The second-order valence-corrected chi connectivity index (χ2v) is 15.1. The summed E-state index contributed by atoms with van der Waals surface area (Å²) in [4.78, 5) is 15.5. The summed E-state index contributed by atoms with van der Waals surface area (Å²) in [5.41, 5.74) is 9.13. The molecule has 1 atom stereocenters. The number of hydrogen-bond acceptors (Lipinski definition) is 4. The smallest absolute Gasteiger partial charge is 0.431 e. The Hall–Kier alpha value is -4.90. The Morgan fingerprint density at radius 2 is 1.52 bits per heavy atom. The van der Waals surface area contributed by atoms with E-state index in [0.717, 1.165) is 36.8 Å². The zero-order chi connectivity index (χ0) is 35.4. The minimum absolute atomic E-state index is 0.214. The summed E-state index contributed by atoms with van der Waals surface area (Å²) < 4.78 is 14.1. The van der Waals surface area contributed by atoms with E-state index in [1.807, 2.05) is 13.8 Å². The number of anilines is 1. The van der Waals surface area contributed by atoms with Crippen molar-refractivity contribution in [1.82, 2.24) is 0 Å². The summed E-state index contributed by atoms with van der Waals surface area (Å²) in [6.07, 6.45) is 11.2. The van der Waals surface area contributed by atoms with E-state index in [0.29, 0.717) is 5.76 Å². The molecule has 0 amide bonds. The van der Waals surface area contributed by atoms with Gasteiger partial charge in [0, 0.05) is 41.6 Å². The standard InChI is InChI=1S/C45H49N2O3/c1-9-29(2)49-43(48)50-42-32(23-27-38-44(3,4)40-34-19-12-10-15-30(34)21-25-36(40)46(38)7)17-14-18-33(42)24-28-39-45(5,6)41-35-20-13-11-16-31(35)22-26-37(41)47(39)8/h10-13,15-16,19-29H,9,14,17-18H2,1-8H3/q+1. The highest BCUT2D eigenvalue weighted by Crippen LogP contribution is 2.50. The average Bonchev–Trinajstić information content (AvgIpc) is 3.43. The van der Waals surface area contributed by atoms with Gasteiger partial charge in [-0.3, -0.25) is 0 Å². The van der Waals surface area contributed by atoms with Gasteiger partial charge in [0.2, 0.25) is 5.69 Å². The first-order valence-corrected chi connectivity index (χ1v) is 18.0. The van der Waals surface area contributed by atoms with E-state index in [2.05, 4.69) is 148 Å². The van der Waals surface area contributed by atoms with Crippen molar-refractivity contribution >= 4 is 44.8 Å². The van der Waals surface area contributed by atoms with E-state index in [1.165, 1.54) is 55.5 Å². The van der Waals surface area contributed by atoms with Gasteiger partial charge in [0.25, 0.3) is 0 Å². The molecule has 0 spiro atoms. The predicted octanol–water partition coefficient (Wildman–Crippen LogP) is 11.2. The zero-order valence-electron chi connectivity index (χ0n) is 30.8. The van der Waals surface area contributed by atoms with Gasteiger partial charge in [0.1, 0.15) is 18.9 Å². The van der Waals surface area contributed by atoms with Crippen LogP contribution in [0.15, 0.2) is 120 Å². The molecule has 2 aliphatic heterocycles. The first kappa shape index (κ1) is 33.6. The van der Waals surface area contributed by atoms with Crippen molar-refractivity contribution in [2.45, 2.75) is 84.2 Å². The molecule has 5 heteroatoms. The van der Waals surface area contributed by atoms with E-state index in [9.17, 15) is 4.79 Å². The van der Waals surface area contributed by atoms with Gasteiger partial charge in [0.05, 0.1) is 5.41 Å². The van der Waals surface area contributed by atoms with Gasteiger partial charge in [-0.05, 0) is 109 Å². The largest absolute Gasteiger partial charge is 0.514 e. The third-order valence-corrected chi connectivity index (χ3v) is 11.2. The van der Waals surface area contributed by atoms with Crippen LogP contribution in [0, 0.1) is 0 Å². The number of nitrogens with zero attached hydrogens (tertiary/aromatic N) is 2. The number of fused-ring (bicyclic) bond motifs is 6. The average molecular weight is 666 g/mol. The van der Waals surface area contributed by atoms with Crippen LogP contribution in [0.1, 0.15) is 78.4 Å². The SMILES string of the molecule is CCC(C)OC(=O)OC1=C(/C=C/C2=[N+](C)c3ccc4ccccc4c3C2(C)C)CCC/C1=C\C=C1\N(C)c2ccc3ccccc3c2C1(C)C. The zero-order valence-corrected chi connectivity index (χ0v) is 30.8. The Morgan fingerprint density at radius 3 is 2.22 bits per heavy atom. The van der Waals surface area contributed by atoms with Gasteiger partial charge in [-0.25, -0.2) is 4.79 Å². The highest BCUT2D eigenvalue weighted by molar-refractivity contribution is 6.07. The fraction of sp³-hybridized carbons (Fsp3) is 0.333. The summed E-state index contributed by atoms with van der Waals surface area (Å²) in [5.74, 6) is 0.612. The van der Waals surface area contributed by atoms with Crippen LogP contribution in [-0.4, -0.2) is 36.6 Å². The number of rotatable bonds is 6. The predicted molar refractivity (Wildman–Crippen MR) is 207 cm³/mol. The van der Waals surface area contributed by atoms with Crippen LogP contribution < -0.4 is 4.90 Å². The number of hydrogen-bond donors (Lipinski definition) is 0. The fourth-order valence-electron chi connectivity index (χ4n) is 8.45. The molecular formula is C45H49N2O3+. The van der Waals surface area contributed by atoms with Crippen molar-refractivity contribution < 1.29 is 18.8 Å². The van der Waals surface area contributed by atoms with E-state index < -0.39 is 6.16 Å². The molecule has 0 N–H and O–H groups in total. The molecule has 4 aromatic carbocycles. The number of carbonyl (C=O) groups excluding carboxylic acids is 1. The van der Waals surface area contributed by atoms with Crippen molar-refractivity contribution in [3.63, 3.8) is 0 Å². The Labute approximate surface area is 296 Å². The molecule has 7 rings (SSSR count). The minimum Gasteiger partial charge on any atom is -0.431 e. The van der Waals surface area contributed by atoms with Crippen molar-refractivity contribution in [3.8, 4) is 0 Å². The number of carbonyl (C=O) groups is 1. The van der Waals surface area contributed by atoms with Crippen molar-refractivity contribution in [3.05, 3.63) is 131 Å². The molecule has 2 heterocycles. The third-order valence-electron chi connectivity index (χ3n) is 11.2. The number of benzene rings is 4. The quantitative estimate of drug-likeness (QED) is 0.152. The van der Waals surface area contributed by atoms with Crippen molar-refractivity contribution in [2.75, 3.05) is 19.0 Å². The molecule has 50 heavy (non-hydrogen) atoms. The molecule has 0 saturated heterocycles. The molecule has 5 nitrogen and oxygen atoms in total. The van der Waals surface area contributed by atoms with Crippen molar-refractivity contribution in [1.29, 1.82) is 0 Å². The van der Waals surface area contributed by atoms with Gasteiger partial charge in [-0.2, -0.15) is 4.58 Å². The van der Waals surface area contributed by atoms with Crippen LogP contribution in [0.4, 0.5) is 16.2 Å². The Kier molecular flexibility index (Phi) is 8.58. The lowest BCUT2D eigenvalue weighted by Gasteiger charge is -2.25. The van der Waals surface area contributed by atoms with Crippen LogP contribution in [-0.2, 0) is 20.3 Å². The molecule has 4 aromatic rings. The van der Waals surface area contributed by atoms with E-state index in [1.54, 1.807) is 0 Å². The van der Waals surface area contributed by atoms with Crippen LogP contribution in [0.25, 0.3) is 21.5 Å². The highest BCUT2D eigenvalue weighted by Gasteiger charge is 2.44. The number of ether oxygens (including phenoxy) is 2. The summed E-state index contributed by atoms with van der Waals surface area (Å²) in [7, 11) is 4.30. The van der Waals surface area contributed by atoms with Gasteiger partial charge in [-0.1, -0.05) is 81.4 Å². The molecule has 0 bridgehead atoms. The maximum absolute atomic E-state index is 13.2. The molecular weight excluding hydrogens is 617 g/mol. The normalized spacial score (nSPS) is 20.4. The number of allylic oxidation sites excluding steroid dienone is 7. The Bertz CT molecular complexity index is 2190. The highest BCUT2D eigenvalue weighted by atomic mass is 16.7. The summed E-state index contributed by atoms with van der Waals surface area (Å²) in [6, 6.07) is 26.1. The fourth-order valence-corrected chi connectivity index (χ4v) is 8.45. The molecule has 0 fully saturated rings. The van der Waals surface area contributed by atoms with E-state index in [4.69, 9.17) is 9.47 Å². The van der Waals surface area contributed by atoms with E-state index >= 15 is 0 Å². The second-order valence-electron chi connectivity index (χ2n) is 15.1. The molecule has 0 saturated carbocycles. The molecule has 1 unspecified atom stereocenters. The minimum atomic E-state index is -0.650. The molecule has 0 aromatic heterocycles. The van der Waals surface area contributed by atoms with E-state index in [-0.39, 0.29) is 16.9 Å².